The highest BCUT2D eigenvalue weighted by Crippen LogP contribution is 2.19. The molecule has 1 heterocycles. The topological polar surface area (TPSA) is 75.7 Å². The highest BCUT2D eigenvalue weighted by Gasteiger charge is 2.30. The summed E-state index contributed by atoms with van der Waals surface area (Å²) in [6.07, 6.45) is 0.113. The number of carbonyl (C=O) groups is 3. The van der Waals surface area contributed by atoms with Crippen LogP contribution >= 0.6 is 0 Å². The van der Waals surface area contributed by atoms with Crippen molar-refractivity contribution in [1.82, 2.24) is 10.2 Å². The summed E-state index contributed by atoms with van der Waals surface area (Å²) in [5.74, 6) is -0.941. The van der Waals surface area contributed by atoms with Gasteiger partial charge in [0.05, 0.1) is 6.10 Å². The van der Waals surface area contributed by atoms with Crippen LogP contribution in [-0.4, -0.2) is 42.8 Å². The molecular weight excluding hydrogens is 284 g/mol. The van der Waals surface area contributed by atoms with E-state index < -0.39 is 0 Å². The SMILES string of the molecule is CO[C@H](CNC(=O)CN1C(=O)CCC1=O)c1ccccc1C. The Hall–Kier alpha value is -2.21. The van der Waals surface area contributed by atoms with Crippen LogP contribution in [-0.2, 0) is 19.1 Å². The van der Waals surface area contributed by atoms with Crippen LogP contribution in [0.2, 0.25) is 0 Å². The molecular formula is C16H20N2O4. The number of aryl methyl sites for hydroxylation is 1. The predicted molar refractivity (Wildman–Crippen MR) is 79.9 cm³/mol. The summed E-state index contributed by atoms with van der Waals surface area (Å²) in [6.45, 7) is 2.04. The minimum absolute atomic E-state index is 0.190. The minimum Gasteiger partial charge on any atom is -0.375 e. The molecule has 0 saturated carbocycles. The maximum atomic E-state index is 11.9. The van der Waals surface area contributed by atoms with Gasteiger partial charge in [0.15, 0.2) is 0 Å². The number of benzene rings is 1. The molecule has 6 heteroatoms. The third-order valence-electron chi connectivity index (χ3n) is 3.76. The third kappa shape index (κ3) is 3.71. The van der Waals surface area contributed by atoms with Crippen LogP contribution in [0.3, 0.4) is 0 Å². The van der Waals surface area contributed by atoms with E-state index in [-0.39, 0.29) is 49.8 Å². The van der Waals surface area contributed by atoms with Gasteiger partial charge in [-0.25, -0.2) is 0 Å². The first kappa shape index (κ1) is 16.2. The molecule has 0 aliphatic carbocycles. The van der Waals surface area contributed by atoms with Gasteiger partial charge in [0, 0.05) is 26.5 Å². The van der Waals surface area contributed by atoms with E-state index in [0.717, 1.165) is 16.0 Å². The first-order chi connectivity index (χ1) is 10.5. The number of carbonyl (C=O) groups excluding carboxylic acids is 3. The molecule has 1 aromatic carbocycles. The molecule has 3 amide bonds. The van der Waals surface area contributed by atoms with Crippen molar-refractivity contribution in [2.75, 3.05) is 20.2 Å². The molecule has 1 N–H and O–H groups in total. The molecule has 2 rings (SSSR count). The number of amides is 3. The predicted octanol–water partition coefficient (Wildman–Crippen LogP) is 0.948. The van der Waals surface area contributed by atoms with E-state index in [0.29, 0.717) is 0 Å². The van der Waals surface area contributed by atoms with E-state index in [2.05, 4.69) is 5.32 Å². The van der Waals surface area contributed by atoms with Crippen molar-refractivity contribution in [3.8, 4) is 0 Å². The molecule has 1 saturated heterocycles. The average Bonchev–Trinajstić information content (AvgIpc) is 2.81. The average molecular weight is 304 g/mol. The second-order valence-corrected chi connectivity index (χ2v) is 5.26. The normalized spacial score (nSPS) is 16.0. The van der Waals surface area contributed by atoms with Crippen molar-refractivity contribution < 1.29 is 19.1 Å². The van der Waals surface area contributed by atoms with E-state index >= 15 is 0 Å². The molecule has 0 aromatic heterocycles. The van der Waals surface area contributed by atoms with Crippen LogP contribution in [0.25, 0.3) is 0 Å². The number of likely N-dealkylation sites (tertiary alicyclic amines) is 1. The van der Waals surface area contributed by atoms with Crippen LogP contribution < -0.4 is 5.32 Å². The van der Waals surface area contributed by atoms with Gasteiger partial charge in [-0.15, -0.1) is 0 Å². The molecule has 1 atom stereocenters. The fourth-order valence-electron chi connectivity index (χ4n) is 2.47. The summed E-state index contributed by atoms with van der Waals surface area (Å²) in [4.78, 5) is 35.9. The van der Waals surface area contributed by atoms with Gasteiger partial charge in [0.2, 0.25) is 17.7 Å². The number of methoxy groups -OCH3 is 1. The summed E-state index contributed by atoms with van der Waals surface area (Å²) >= 11 is 0. The largest absolute Gasteiger partial charge is 0.375 e. The maximum absolute atomic E-state index is 11.9. The summed E-state index contributed by atoms with van der Waals surface area (Å²) in [6, 6.07) is 7.78. The molecule has 0 unspecified atom stereocenters. The Balaban J connectivity index is 1.91. The number of hydrogen-bond acceptors (Lipinski definition) is 4. The Bertz CT molecular complexity index is 569. The number of nitrogens with one attached hydrogen (secondary N) is 1. The van der Waals surface area contributed by atoms with Gasteiger partial charge in [-0.3, -0.25) is 19.3 Å². The summed E-state index contributed by atoms with van der Waals surface area (Å²) in [7, 11) is 1.58. The highest BCUT2D eigenvalue weighted by molar-refractivity contribution is 6.04. The molecule has 22 heavy (non-hydrogen) atoms. The lowest BCUT2D eigenvalue weighted by Crippen LogP contribution is -2.41. The lowest BCUT2D eigenvalue weighted by Gasteiger charge is -2.19. The number of rotatable bonds is 6. The zero-order valence-corrected chi connectivity index (χ0v) is 12.8. The van der Waals surface area contributed by atoms with Crippen molar-refractivity contribution in [2.24, 2.45) is 0 Å². The van der Waals surface area contributed by atoms with Crippen LogP contribution in [0, 0.1) is 6.92 Å². The van der Waals surface area contributed by atoms with Crippen LogP contribution in [0.15, 0.2) is 24.3 Å². The third-order valence-corrected chi connectivity index (χ3v) is 3.76. The first-order valence-corrected chi connectivity index (χ1v) is 7.21. The van der Waals surface area contributed by atoms with Gasteiger partial charge < -0.3 is 10.1 Å². The quantitative estimate of drug-likeness (QED) is 0.794. The molecule has 0 bridgehead atoms. The fourth-order valence-corrected chi connectivity index (χ4v) is 2.47. The Kier molecular flexibility index (Phi) is 5.27. The monoisotopic (exact) mass is 304 g/mol. The Labute approximate surface area is 129 Å². The van der Waals surface area contributed by atoms with Gasteiger partial charge in [0.25, 0.3) is 0 Å². The van der Waals surface area contributed by atoms with Gasteiger partial charge in [-0.05, 0) is 18.1 Å². The van der Waals surface area contributed by atoms with Gasteiger partial charge in [-0.2, -0.15) is 0 Å². The number of ether oxygens (including phenoxy) is 1. The van der Waals surface area contributed by atoms with E-state index in [1.165, 1.54) is 0 Å². The van der Waals surface area contributed by atoms with Crippen molar-refractivity contribution in [3.63, 3.8) is 0 Å². The molecule has 1 aliphatic rings. The second kappa shape index (κ2) is 7.17. The molecule has 0 radical (unpaired) electrons. The van der Waals surface area contributed by atoms with Gasteiger partial charge >= 0.3 is 0 Å². The highest BCUT2D eigenvalue weighted by atomic mass is 16.5. The smallest absolute Gasteiger partial charge is 0.240 e. The number of imide groups is 1. The minimum atomic E-state index is -0.362. The van der Waals surface area contributed by atoms with Gasteiger partial charge in [-0.1, -0.05) is 24.3 Å². The first-order valence-electron chi connectivity index (χ1n) is 7.21. The maximum Gasteiger partial charge on any atom is 0.240 e. The zero-order chi connectivity index (χ0) is 16.1. The van der Waals surface area contributed by atoms with Crippen molar-refractivity contribution in [2.45, 2.75) is 25.9 Å². The molecule has 1 aliphatic heterocycles. The van der Waals surface area contributed by atoms with E-state index in [1.54, 1.807) is 7.11 Å². The van der Waals surface area contributed by atoms with Crippen molar-refractivity contribution in [3.05, 3.63) is 35.4 Å². The van der Waals surface area contributed by atoms with Gasteiger partial charge in [0.1, 0.15) is 6.54 Å². The molecule has 1 aromatic rings. The summed E-state index contributed by atoms with van der Waals surface area (Å²) < 4.78 is 5.42. The lowest BCUT2D eigenvalue weighted by atomic mass is 10.0. The Morgan fingerprint density at radius 3 is 2.50 bits per heavy atom. The molecule has 6 nitrogen and oxygen atoms in total. The van der Waals surface area contributed by atoms with Crippen LogP contribution in [0.1, 0.15) is 30.1 Å². The summed E-state index contributed by atoms with van der Waals surface area (Å²) in [5, 5.41) is 2.72. The van der Waals surface area contributed by atoms with Crippen molar-refractivity contribution in [1.29, 1.82) is 0 Å². The van der Waals surface area contributed by atoms with E-state index in [1.807, 2.05) is 31.2 Å². The Morgan fingerprint density at radius 2 is 1.91 bits per heavy atom. The van der Waals surface area contributed by atoms with E-state index in [9.17, 15) is 14.4 Å². The summed E-state index contributed by atoms with van der Waals surface area (Å²) in [5.41, 5.74) is 2.08. The number of hydrogen-bond donors (Lipinski definition) is 1. The zero-order valence-electron chi connectivity index (χ0n) is 12.8. The van der Waals surface area contributed by atoms with Crippen LogP contribution in [0.5, 0.6) is 0 Å². The molecule has 1 fully saturated rings. The number of nitrogens with zero attached hydrogens (tertiary/aromatic N) is 1. The molecule has 118 valence electrons. The fraction of sp³-hybridized carbons (Fsp3) is 0.438. The Morgan fingerprint density at radius 1 is 1.27 bits per heavy atom. The van der Waals surface area contributed by atoms with Crippen molar-refractivity contribution >= 4 is 17.7 Å². The molecule has 0 spiro atoms. The second-order valence-electron chi connectivity index (χ2n) is 5.26. The lowest BCUT2D eigenvalue weighted by molar-refractivity contribution is -0.142. The van der Waals surface area contributed by atoms with Crippen LogP contribution in [0.4, 0.5) is 0 Å². The van der Waals surface area contributed by atoms with E-state index in [4.69, 9.17) is 4.74 Å². The standard InChI is InChI=1S/C16H20N2O4/c1-11-5-3-4-6-12(11)13(22-2)9-17-14(19)10-18-15(20)7-8-16(18)21/h3-6,13H,7-10H2,1-2H3,(H,17,19)/t13-/m1/s1.